The predicted octanol–water partition coefficient (Wildman–Crippen LogP) is 4.61. The van der Waals surface area contributed by atoms with Crippen molar-refractivity contribution in [2.75, 3.05) is 17.7 Å². The summed E-state index contributed by atoms with van der Waals surface area (Å²) in [6.07, 6.45) is 0. The van der Waals surface area contributed by atoms with Gasteiger partial charge >= 0.3 is 0 Å². The Morgan fingerprint density at radius 3 is 2.41 bits per heavy atom. The summed E-state index contributed by atoms with van der Waals surface area (Å²) < 4.78 is 34.5. The summed E-state index contributed by atoms with van der Waals surface area (Å²) >= 11 is 1.12. The van der Waals surface area contributed by atoms with E-state index in [4.69, 9.17) is 4.74 Å². The molecule has 0 unspecified atom stereocenters. The molecule has 0 saturated carbocycles. The lowest BCUT2D eigenvalue weighted by Crippen LogP contribution is -2.25. The number of aromatic nitrogens is 3. The first-order chi connectivity index (χ1) is 17.9. The molecule has 37 heavy (non-hydrogen) atoms. The fourth-order valence-corrected chi connectivity index (χ4v) is 4.16. The Morgan fingerprint density at radius 2 is 1.70 bits per heavy atom. The van der Waals surface area contributed by atoms with E-state index in [1.165, 1.54) is 42.5 Å². The van der Waals surface area contributed by atoms with Gasteiger partial charge in [0.05, 0.1) is 24.5 Å². The zero-order chi connectivity index (χ0) is 26.2. The molecule has 1 aromatic heterocycles. The highest BCUT2D eigenvalue weighted by molar-refractivity contribution is 7.99. The largest absolute Gasteiger partial charge is 0.494 e. The first kappa shape index (κ1) is 25.8. The minimum absolute atomic E-state index is 0.0219. The maximum absolute atomic E-state index is 14.0. The molecular formula is C26H23F2N5O3S. The normalized spacial score (nSPS) is 10.7. The van der Waals surface area contributed by atoms with E-state index in [0.29, 0.717) is 34.7 Å². The second kappa shape index (κ2) is 12.1. The number of carbonyl (C=O) groups excluding carboxylic acids is 2. The Bertz CT molecular complexity index is 1380. The fourth-order valence-electron chi connectivity index (χ4n) is 3.39. The quantitative estimate of drug-likeness (QED) is 0.295. The van der Waals surface area contributed by atoms with Gasteiger partial charge in [-0.3, -0.25) is 14.2 Å². The van der Waals surface area contributed by atoms with Crippen LogP contribution in [0, 0.1) is 11.6 Å². The molecule has 0 fully saturated rings. The molecule has 4 rings (SSSR count). The Labute approximate surface area is 216 Å². The molecule has 3 aromatic carbocycles. The van der Waals surface area contributed by atoms with Gasteiger partial charge in [0.25, 0.3) is 5.91 Å². The molecule has 8 nitrogen and oxygen atoms in total. The van der Waals surface area contributed by atoms with Crippen molar-refractivity contribution in [3.8, 4) is 11.4 Å². The summed E-state index contributed by atoms with van der Waals surface area (Å²) in [6.45, 7) is 2.36. The van der Waals surface area contributed by atoms with Crippen molar-refractivity contribution in [3.05, 3.63) is 95.8 Å². The first-order valence-corrected chi connectivity index (χ1v) is 12.3. The minimum Gasteiger partial charge on any atom is -0.494 e. The number of thioether (sulfide) groups is 1. The summed E-state index contributed by atoms with van der Waals surface area (Å²) in [5.74, 6) is -0.894. The second-order valence-corrected chi connectivity index (χ2v) is 8.61. The van der Waals surface area contributed by atoms with Gasteiger partial charge in [0.15, 0.2) is 11.0 Å². The molecule has 0 spiro atoms. The van der Waals surface area contributed by atoms with Crippen LogP contribution in [0.25, 0.3) is 5.69 Å². The molecule has 0 aliphatic carbocycles. The summed E-state index contributed by atoms with van der Waals surface area (Å²) in [4.78, 5) is 25.0. The third-order valence-corrected chi connectivity index (χ3v) is 6.02. The van der Waals surface area contributed by atoms with Gasteiger partial charge in [0.2, 0.25) is 5.91 Å². The Morgan fingerprint density at radius 1 is 0.973 bits per heavy atom. The third kappa shape index (κ3) is 6.70. The third-order valence-electron chi connectivity index (χ3n) is 5.09. The Balaban J connectivity index is 1.47. The van der Waals surface area contributed by atoms with Crippen molar-refractivity contribution < 1.29 is 23.1 Å². The van der Waals surface area contributed by atoms with Crippen molar-refractivity contribution in [2.24, 2.45) is 0 Å². The molecule has 11 heteroatoms. The molecule has 2 amide bonds. The number of rotatable bonds is 10. The number of halogens is 2. The predicted molar refractivity (Wildman–Crippen MR) is 136 cm³/mol. The van der Waals surface area contributed by atoms with Crippen LogP contribution in [0.5, 0.6) is 5.75 Å². The number of hydrogen-bond donors (Lipinski definition) is 2. The smallest absolute Gasteiger partial charge is 0.254 e. The monoisotopic (exact) mass is 523 g/mol. The van der Waals surface area contributed by atoms with Crippen LogP contribution in [0.4, 0.5) is 14.5 Å². The Kier molecular flexibility index (Phi) is 8.47. The summed E-state index contributed by atoms with van der Waals surface area (Å²) in [5.41, 5.74) is 1.05. The lowest BCUT2D eigenvalue weighted by atomic mass is 10.2. The molecule has 190 valence electrons. The van der Waals surface area contributed by atoms with Crippen LogP contribution in [0.2, 0.25) is 0 Å². The van der Waals surface area contributed by atoms with Gasteiger partial charge in [-0.15, -0.1) is 10.2 Å². The average Bonchev–Trinajstić information content (AvgIpc) is 3.31. The highest BCUT2D eigenvalue weighted by Gasteiger charge is 2.18. The highest BCUT2D eigenvalue weighted by atomic mass is 32.2. The number of nitrogens with one attached hydrogen (secondary N) is 2. The van der Waals surface area contributed by atoms with Gasteiger partial charge in [-0.25, -0.2) is 8.78 Å². The number of ether oxygens (including phenoxy) is 1. The van der Waals surface area contributed by atoms with Crippen LogP contribution in [-0.4, -0.2) is 38.9 Å². The lowest BCUT2D eigenvalue weighted by Gasteiger charge is -2.11. The molecule has 0 saturated heterocycles. The molecule has 0 aliphatic heterocycles. The van der Waals surface area contributed by atoms with Crippen molar-refractivity contribution >= 4 is 29.3 Å². The first-order valence-electron chi connectivity index (χ1n) is 11.3. The number of amides is 2. The van der Waals surface area contributed by atoms with Crippen LogP contribution < -0.4 is 15.4 Å². The van der Waals surface area contributed by atoms with E-state index in [1.807, 2.05) is 6.92 Å². The SMILES string of the molecule is CCOc1ccc(NC(=O)CSc2nnc(CNC(=O)c3ccccc3F)n2-c2ccc(F)cc2)cc1. The molecular weight excluding hydrogens is 500 g/mol. The molecule has 1 heterocycles. The summed E-state index contributed by atoms with van der Waals surface area (Å²) in [6, 6.07) is 18.3. The van der Waals surface area contributed by atoms with Crippen LogP contribution in [0.15, 0.2) is 78.0 Å². The number of carbonyl (C=O) groups is 2. The van der Waals surface area contributed by atoms with Crippen molar-refractivity contribution in [1.82, 2.24) is 20.1 Å². The Hall–Kier alpha value is -4.25. The highest BCUT2D eigenvalue weighted by Crippen LogP contribution is 2.23. The van der Waals surface area contributed by atoms with Gasteiger partial charge in [0.1, 0.15) is 17.4 Å². The second-order valence-electron chi connectivity index (χ2n) is 7.67. The number of anilines is 1. The van der Waals surface area contributed by atoms with Gasteiger partial charge < -0.3 is 15.4 Å². The van der Waals surface area contributed by atoms with E-state index in [1.54, 1.807) is 34.9 Å². The zero-order valence-corrected chi connectivity index (χ0v) is 20.6. The summed E-state index contributed by atoms with van der Waals surface area (Å²) in [7, 11) is 0. The zero-order valence-electron chi connectivity index (χ0n) is 19.8. The standard InChI is InChI=1S/C26H23F2N5O3S/c1-2-36-20-13-9-18(10-14-20)30-24(34)16-37-26-32-31-23(33(26)19-11-7-17(27)8-12-19)15-29-25(35)21-5-3-4-6-22(21)28/h3-14H,2,15-16H2,1H3,(H,29,35)(H,30,34). The summed E-state index contributed by atoms with van der Waals surface area (Å²) in [5, 5.41) is 14.1. The van der Waals surface area contributed by atoms with Gasteiger partial charge in [-0.2, -0.15) is 0 Å². The number of nitrogens with zero attached hydrogens (tertiary/aromatic N) is 3. The maximum Gasteiger partial charge on any atom is 0.254 e. The molecule has 0 radical (unpaired) electrons. The van der Waals surface area contributed by atoms with E-state index in [2.05, 4.69) is 20.8 Å². The number of benzene rings is 3. The maximum atomic E-state index is 14.0. The van der Waals surface area contributed by atoms with E-state index in [-0.39, 0.29) is 23.8 Å². The molecule has 0 aliphatic rings. The van der Waals surface area contributed by atoms with Gasteiger partial charge in [0, 0.05) is 11.4 Å². The van der Waals surface area contributed by atoms with Crippen LogP contribution >= 0.6 is 11.8 Å². The van der Waals surface area contributed by atoms with Crippen molar-refractivity contribution in [2.45, 2.75) is 18.6 Å². The van der Waals surface area contributed by atoms with E-state index in [9.17, 15) is 18.4 Å². The number of hydrogen-bond acceptors (Lipinski definition) is 6. The van der Waals surface area contributed by atoms with Crippen molar-refractivity contribution in [1.29, 1.82) is 0 Å². The minimum atomic E-state index is -0.644. The van der Waals surface area contributed by atoms with E-state index >= 15 is 0 Å². The fraction of sp³-hybridized carbons (Fsp3) is 0.154. The topological polar surface area (TPSA) is 98.1 Å². The van der Waals surface area contributed by atoms with E-state index < -0.39 is 17.5 Å². The molecule has 0 atom stereocenters. The molecule has 4 aromatic rings. The molecule has 2 N–H and O–H groups in total. The van der Waals surface area contributed by atoms with Crippen LogP contribution in [0.3, 0.4) is 0 Å². The van der Waals surface area contributed by atoms with Gasteiger partial charge in [-0.05, 0) is 67.6 Å². The van der Waals surface area contributed by atoms with Crippen LogP contribution in [-0.2, 0) is 11.3 Å². The van der Waals surface area contributed by atoms with Gasteiger partial charge in [-0.1, -0.05) is 23.9 Å². The molecule has 0 bridgehead atoms. The van der Waals surface area contributed by atoms with E-state index in [0.717, 1.165) is 11.8 Å². The lowest BCUT2D eigenvalue weighted by molar-refractivity contribution is -0.113. The van der Waals surface area contributed by atoms with Crippen LogP contribution in [0.1, 0.15) is 23.1 Å². The van der Waals surface area contributed by atoms with Crippen molar-refractivity contribution in [3.63, 3.8) is 0 Å². The average molecular weight is 524 g/mol.